The van der Waals surface area contributed by atoms with E-state index in [2.05, 4.69) is 36.6 Å². The molecule has 0 atom stereocenters. The van der Waals surface area contributed by atoms with Crippen molar-refractivity contribution in [3.63, 3.8) is 0 Å². The normalized spacial score (nSPS) is 13.4. The van der Waals surface area contributed by atoms with Gasteiger partial charge in [0.05, 0.1) is 13.2 Å². The van der Waals surface area contributed by atoms with Gasteiger partial charge in [-0.3, -0.25) is 29.8 Å². The van der Waals surface area contributed by atoms with Crippen LogP contribution in [-0.2, 0) is 0 Å². The van der Waals surface area contributed by atoms with Crippen LogP contribution in [0.5, 0.6) is 11.5 Å². The summed E-state index contributed by atoms with van der Waals surface area (Å²) in [5, 5.41) is 7.91. The van der Waals surface area contributed by atoms with Gasteiger partial charge in [0, 0.05) is 44.2 Å². The molecule has 0 fully saturated rings. The van der Waals surface area contributed by atoms with E-state index in [9.17, 15) is 19.2 Å². The van der Waals surface area contributed by atoms with Crippen LogP contribution in [-0.4, -0.2) is 36.8 Å². The van der Waals surface area contributed by atoms with Crippen LogP contribution in [0.25, 0.3) is 45.8 Å². The number of nitrogens with one attached hydrogen (secondary N) is 2. The van der Waals surface area contributed by atoms with Crippen molar-refractivity contribution < 1.29 is 28.7 Å². The second kappa shape index (κ2) is 24.5. The van der Waals surface area contributed by atoms with E-state index in [4.69, 9.17) is 9.47 Å². The Morgan fingerprint density at radius 1 is 0.379 bits per heavy atom. The van der Waals surface area contributed by atoms with Crippen LogP contribution in [0.4, 0.5) is 0 Å². The summed E-state index contributed by atoms with van der Waals surface area (Å²) >= 11 is 0. The smallest absolute Gasteiger partial charge is 0.258 e. The maximum absolute atomic E-state index is 12.8. The number of rotatable bonds is 28. The number of imide groups is 2. The molecule has 2 N–H and O–H groups in total. The summed E-state index contributed by atoms with van der Waals surface area (Å²) < 4.78 is 13.3. The zero-order valence-electron chi connectivity index (χ0n) is 39.2. The molecule has 8 heteroatoms. The Hall–Kier alpha value is -6.02. The quantitative estimate of drug-likeness (QED) is 0.0294. The van der Waals surface area contributed by atoms with Crippen LogP contribution in [0.3, 0.4) is 0 Å². The molecule has 5 aromatic rings. The summed E-state index contributed by atoms with van der Waals surface area (Å²) in [6, 6.07) is 22.7. The fraction of sp³-hybridized carbons (Fsp3) is 0.414. The lowest BCUT2D eigenvalue weighted by atomic mass is 9.91. The van der Waals surface area contributed by atoms with Crippen LogP contribution in [0.2, 0.25) is 0 Å². The maximum atomic E-state index is 12.8. The van der Waals surface area contributed by atoms with Crippen LogP contribution in [0, 0.1) is 0 Å². The van der Waals surface area contributed by atoms with Crippen molar-refractivity contribution in [3.05, 3.63) is 117 Å². The molecule has 0 saturated heterocycles. The molecule has 346 valence electrons. The Balaban J connectivity index is 1.17. The lowest BCUT2D eigenvalue weighted by molar-refractivity contribution is 0.0828. The van der Waals surface area contributed by atoms with E-state index in [1.165, 1.54) is 103 Å². The lowest BCUT2D eigenvalue weighted by Crippen LogP contribution is -2.34. The standard InChI is InChI=1S/C58H68N2O6/c1-3-5-7-9-11-13-15-17-19-21-37-65-51-39-44(32-30-42-34-36-50-54-46(42)26-24-28-48(54)56(62)60-58(50)64)52(66-38-22-20-18-16-14-12-10-8-6-4-2)40-43(51)31-29-41-33-35-49-53-45(41)25-23-27-47(53)55(61)59-57(49)63/h23-36,39-40H,3-22,37-38H2,1-2H3,(H,59,61,63)(H,60,62,64)/b31-29+,32-30+. The Kier molecular flexibility index (Phi) is 17.8. The van der Waals surface area contributed by atoms with Gasteiger partial charge in [0.2, 0.25) is 0 Å². The minimum absolute atomic E-state index is 0.388. The summed E-state index contributed by atoms with van der Waals surface area (Å²) in [7, 11) is 0. The maximum Gasteiger partial charge on any atom is 0.258 e. The van der Waals surface area contributed by atoms with Gasteiger partial charge in [-0.05, 0) is 71.1 Å². The molecule has 0 spiro atoms. The molecule has 5 aromatic carbocycles. The van der Waals surface area contributed by atoms with E-state index >= 15 is 0 Å². The number of unbranched alkanes of at least 4 members (excludes halogenated alkanes) is 18. The first-order chi connectivity index (χ1) is 32.4. The number of carbonyl (C=O) groups excluding carboxylic acids is 4. The van der Waals surface area contributed by atoms with E-state index in [0.29, 0.717) is 46.2 Å². The highest BCUT2D eigenvalue weighted by molar-refractivity contribution is 6.27. The highest BCUT2D eigenvalue weighted by Crippen LogP contribution is 2.36. The monoisotopic (exact) mass is 889 g/mol. The van der Waals surface area contributed by atoms with Gasteiger partial charge in [0.15, 0.2) is 0 Å². The summed E-state index contributed by atoms with van der Waals surface area (Å²) in [5.41, 5.74) is 5.43. The number of carbonyl (C=O) groups is 4. The average molecular weight is 889 g/mol. The Morgan fingerprint density at radius 2 is 0.697 bits per heavy atom. The molecule has 66 heavy (non-hydrogen) atoms. The largest absolute Gasteiger partial charge is 0.493 e. The topological polar surface area (TPSA) is 111 Å². The van der Waals surface area contributed by atoms with Gasteiger partial charge >= 0.3 is 0 Å². The van der Waals surface area contributed by atoms with Crippen molar-refractivity contribution in [2.24, 2.45) is 0 Å². The molecule has 2 aliphatic heterocycles. The third-order valence-corrected chi connectivity index (χ3v) is 13.1. The Morgan fingerprint density at radius 3 is 1.06 bits per heavy atom. The average Bonchev–Trinajstić information content (AvgIpc) is 3.32. The van der Waals surface area contributed by atoms with Crippen LogP contribution in [0.15, 0.2) is 72.8 Å². The van der Waals surface area contributed by atoms with E-state index in [-0.39, 0.29) is 23.6 Å². The van der Waals surface area contributed by atoms with Crippen molar-refractivity contribution in [2.45, 2.75) is 142 Å². The number of amides is 4. The van der Waals surface area contributed by atoms with E-state index < -0.39 is 0 Å². The van der Waals surface area contributed by atoms with Crippen molar-refractivity contribution in [3.8, 4) is 11.5 Å². The Labute approximate surface area is 391 Å². The molecule has 0 radical (unpaired) electrons. The molecule has 7 rings (SSSR count). The van der Waals surface area contributed by atoms with Gasteiger partial charge < -0.3 is 9.47 Å². The molecule has 0 aliphatic carbocycles. The first-order valence-electron chi connectivity index (χ1n) is 25.0. The van der Waals surface area contributed by atoms with Crippen LogP contribution >= 0.6 is 0 Å². The molecule has 2 heterocycles. The van der Waals surface area contributed by atoms with Crippen molar-refractivity contribution >= 4 is 69.5 Å². The van der Waals surface area contributed by atoms with Crippen molar-refractivity contribution in [2.75, 3.05) is 13.2 Å². The van der Waals surface area contributed by atoms with Gasteiger partial charge in [-0.1, -0.05) is 190 Å². The van der Waals surface area contributed by atoms with E-state index in [0.717, 1.165) is 70.2 Å². The number of hydrogen-bond acceptors (Lipinski definition) is 6. The molecule has 0 aromatic heterocycles. The fourth-order valence-electron chi connectivity index (χ4n) is 9.39. The zero-order valence-corrected chi connectivity index (χ0v) is 39.2. The van der Waals surface area contributed by atoms with Crippen molar-refractivity contribution in [1.29, 1.82) is 0 Å². The molecule has 8 nitrogen and oxygen atoms in total. The third-order valence-electron chi connectivity index (χ3n) is 13.1. The predicted molar refractivity (Wildman–Crippen MR) is 270 cm³/mol. The molecule has 0 unspecified atom stereocenters. The zero-order chi connectivity index (χ0) is 46.1. The number of benzene rings is 5. The fourth-order valence-corrected chi connectivity index (χ4v) is 9.39. The molecular formula is C58H68N2O6. The minimum atomic E-state index is -0.388. The highest BCUT2D eigenvalue weighted by atomic mass is 16.5. The van der Waals surface area contributed by atoms with Gasteiger partial charge in [-0.25, -0.2) is 0 Å². The molecule has 0 saturated carbocycles. The van der Waals surface area contributed by atoms with E-state index in [1.54, 1.807) is 24.3 Å². The Bertz CT molecular complexity index is 2350. The second-order valence-electron chi connectivity index (χ2n) is 18.1. The van der Waals surface area contributed by atoms with E-state index in [1.807, 2.05) is 60.7 Å². The lowest BCUT2D eigenvalue weighted by Gasteiger charge is -2.18. The van der Waals surface area contributed by atoms with Gasteiger partial charge in [-0.2, -0.15) is 0 Å². The molecule has 2 aliphatic rings. The van der Waals surface area contributed by atoms with Gasteiger partial charge in [-0.15, -0.1) is 0 Å². The van der Waals surface area contributed by atoms with Gasteiger partial charge in [0.25, 0.3) is 23.6 Å². The summed E-state index contributed by atoms with van der Waals surface area (Å²) in [6.07, 6.45) is 32.8. The van der Waals surface area contributed by atoms with Gasteiger partial charge in [0.1, 0.15) is 11.5 Å². The first-order valence-corrected chi connectivity index (χ1v) is 25.0. The predicted octanol–water partition coefficient (Wildman–Crippen LogP) is 14.7. The molecule has 0 bridgehead atoms. The van der Waals surface area contributed by atoms with Crippen molar-refractivity contribution in [1.82, 2.24) is 10.6 Å². The number of hydrogen-bond donors (Lipinski definition) is 2. The van der Waals surface area contributed by atoms with Crippen LogP contribution < -0.4 is 20.1 Å². The SMILES string of the molecule is CCCCCCCCCCCCOc1cc(/C=C/c2ccc3c4c(cccc24)C(=O)NC3=O)c(OCCCCCCCCCCCC)cc1/C=C/c1ccc2c3c(cccc13)C(=O)NC2=O. The minimum Gasteiger partial charge on any atom is -0.493 e. The summed E-state index contributed by atoms with van der Waals surface area (Å²) in [5.74, 6) is -0.0978. The third kappa shape index (κ3) is 12.2. The van der Waals surface area contributed by atoms with Crippen LogP contribution in [0.1, 0.15) is 206 Å². The molecule has 4 amide bonds. The molecular weight excluding hydrogens is 821 g/mol. The first kappa shape index (κ1) is 47.9. The summed E-state index contributed by atoms with van der Waals surface area (Å²) in [6.45, 7) is 5.66. The second-order valence-corrected chi connectivity index (χ2v) is 18.1. The summed E-state index contributed by atoms with van der Waals surface area (Å²) in [4.78, 5) is 51.3. The highest BCUT2D eigenvalue weighted by Gasteiger charge is 2.26. The number of ether oxygens (including phenoxy) is 2.